The number of hydrogen-bond acceptors (Lipinski definition) is 2. The first-order valence-corrected chi connectivity index (χ1v) is 9.57. The molecule has 160 valence electrons. The number of amides is 2. The minimum atomic E-state index is -4.45. The molecule has 3 rings (SSSR count). The van der Waals surface area contributed by atoms with Crippen molar-refractivity contribution in [3.8, 4) is 0 Å². The minimum absolute atomic E-state index is 0.163. The zero-order chi connectivity index (χ0) is 22.6. The van der Waals surface area contributed by atoms with Crippen molar-refractivity contribution >= 4 is 17.5 Å². The second kappa shape index (κ2) is 9.04. The normalized spacial score (nSPS) is 12.2. The minimum Gasteiger partial charge on any atom is -0.335 e. The fourth-order valence-electron chi connectivity index (χ4n) is 3.07. The van der Waals surface area contributed by atoms with Crippen LogP contribution in [0.4, 0.5) is 18.9 Å². The number of carbonyl (C=O) groups is 2. The molecule has 3 aromatic carbocycles. The number of nitrogens with one attached hydrogen (secondary N) is 1. The molecule has 0 radical (unpaired) electrons. The Hall–Kier alpha value is -3.61. The summed E-state index contributed by atoms with van der Waals surface area (Å²) in [7, 11) is 1.58. The quantitative estimate of drug-likeness (QED) is 0.561. The van der Waals surface area contributed by atoms with E-state index in [-0.39, 0.29) is 17.5 Å². The molecule has 0 aliphatic heterocycles. The van der Waals surface area contributed by atoms with Crippen LogP contribution in [0.1, 0.15) is 44.8 Å². The molecule has 0 saturated carbocycles. The van der Waals surface area contributed by atoms with Crippen molar-refractivity contribution in [3.63, 3.8) is 0 Å². The van der Waals surface area contributed by atoms with Gasteiger partial charge in [0.2, 0.25) is 0 Å². The van der Waals surface area contributed by atoms with Gasteiger partial charge in [-0.05, 0) is 61.0 Å². The Balaban J connectivity index is 1.73. The molecule has 0 aliphatic carbocycles. The standard InChI is InChI=1S/C24H21F3N2O2/c1-16(29(2)23(31)18-11-13-20(14-12-18)24(25,26)27)19-9-6-10-21(15-19)28-22(30)17-7-4-3-5-8-17/h3-16H,1-2H3,(H,28,30). The summed E-state index contributed by atoms with van der Waals surface area (Å²) in [6.45, 7) is 1.81. The SMILES string of the molecule is CC(c1cccc(NC(=O)c2ccccc2)c1)N(C)C(=O)c1ccc(C(F)(F)F)cc1. The molecule has 0 aromatic heterocycles. The van der Waals surface area contributed by atoms with E-state index in [2.05, 4.69) is 5.32 Å². The number of nitrogens with zero attached hydrogens (tertiary/aromatic N) is 1. The topological polar surface area (TPSA) is 49.4 Å². The molecular weight excluding hydrogens is 405 g/mol. The van der Waals surface area contributed by atoms with Crippen molar-refractivity contribution in [2.75, 3.05) is 12.4 Å². The van der Waals surface area contributed by atoms with E-state index in [1.807, 2.05) is 12.1 Å². The zero-order valence-electron chi connectivity index (χ0n) is 17.0. The Labute approximate surface area is 178 Å². The highest BCUT2D eigenvalue weighted by Crippen LogP contribution is 2.30. The van der Waals surface area contributed by atoms with Crippen LogP contribution >= 0.6 is 0 Å². The first kappa shape index (κ1) is 22.1. The number of alkyl halides is 3. The van der Waals surface area contributed by atoms with Crippen LogP contribution in [-0.2, 0) is 6.18 Å². The zero-order valence-corrected chi connectivity index (χ0v) is 17.0. The molecule has 0 aliphatic rings. The van der Waals surface area contributed by atoms with Crippen molar-refractivity contribution in [2.45, 2.75) is 19.1 Å². The highest BCUT2D eigenvalue weighted by atomic mass is 19.4. The van der Waals surface area contributed by atoms with Crippen LogP contribution < -0.4 is 5.32 Å². The summed E-state index contributed by atoms with van der Waals surface area (Å²) in [6, 6.07) is 19.6. The predicted octanol–water partition coefficient (Wildman–Crippen LogP) is 5.79. The summed E-state index contributed by atoms with van der Waals surface area (Å²) >= 11 is 0. The largest absolute Gasteiger partial charge is 0.416 e. The lowest BCUT2D eigenvalue weighted by atomic mass is 10.0. The van der Waals surface area contributed by atoms with E-state index >= 15 is 0 Å². The van der Waals surface area contributed by atoms with Gasteiger partial charge in [0.1, 0.15) is 0 Å². The third-order valence-corrected chi connectivity index (χ3v) is 5.02. The smallest absolute Gasteiger partial charge is 0.335 e. The molecule has 7 heteroatoms. The monoisotopic (exact) mass is 426 g/mol. The van der Waals surface area contributed by atoms with E-state index in [4.69, 9.17) is 0 Å². The van der Waals surface area contributed by atoms with Gasteiger partial charge in [-0.25, -0.2) is 0 Å². The van der Waals surface area contributed by atoms with Gasteiger partial charge in [0, 0.05) is 23.9 Å². The molecule has 0 heterocycles. The van der Waals surface area contributed by atoms with Gasteiger partial charge in [-0.3, -0.25) is 9.59 Å². The average Bonchev–Trinajstić information content (AvgIpc) is 2.78. The summed E-state index contributed by atoms with van der Waals surface area (Å²) < 4.78 is 38.2. The van der Waals surface area contributed by atoms with E-state index in [9.17, 15) is 22.8 Å². The van der Waals surface area contributed by atoms with Crippen molar-refractivity contribution in [1.29, 1.82) is 0 Å². The Morgan fingerprint density at radius 1 is 0.871 bits per heavy atom. The summed E-state index contributed by atoms with van der Waals surface area (Å²) in [4.78, 5) is 26.6. The van der Waals surface area contributed by atoms with Gasteiger partial charge >= 0.3 is 6.18 Å². The molecule has 0 saturated heterocycles. The summed E-state index contributed by atoms with van der Waals surface area (Å²) in [6.07, 6.45) is -4.45. The molecule has 0 bridgehead atoms. The number of anilines is 1. The Morgan fingerprint density at radius 3 is 2.13 bits per heavy atom. The van der Waals surface area contributed by atoms with E-state index in [0.29, 0.717) is 11.3 Å². The molecule has 0 fully saturated rings. The Kier molecular flexibility index (Phi) is 6.44. The highest BCUT2D eigenvalue weighted by Gasteiger charge is 2.30. The molecule has 1 N–H and O–H groups in total. The van der Waals surface area contributed by atoms with Crippen LogP contribution in [-0.4, -0.2) is 23.8 Å². The van der Waals surface area contributed by atoms with Crippen LogP contribution in [0.2, 0.25) is 0 Å². The van der Waals surface area contributed by atoms with Crippen LogP contribution in [0, 0.1) is 0 Å². The van der Waals surface area contributed by atoms with Gasteiger partial charge in [0.15, 0.2) is 0 Å². The second-order valence-corrected chi connectivity index (χ2v) is 7.11. The molecule has 1 atom stereocenters. The average molecular weight is 426 g/mol. The van der Waals surface area contributed by atoms with Gasteiger partial charge in [0.05, 0.1) is 11.6 Å². The van der Waals surface area contributed by atoms with E-state index < -0.39 is 17.6 Å². The summed E-state index contributed by atoms with van der Waals surface area (Å²) in [5.41, 5.74) is 1.23. The fraction of sp³-hybridized carbons (Fsp3) is 0.167. The maximum absolute atomic E-state index is 12.7. The van der Waals surface area contributed by atoms with Crippen molar-refractivity contribution < 1.29 is 22.8 Å². The third kappa shape index (κ3) is 5.31. The van der Waals surface area contributed by atoms with E-state index in [1.54, 1.807) is 56.4 Å². The van der Waals surface area contributed by atoms with Crippen LogP contribution in [0.25, 0.3) is 0 Å². The van der Waals surface area contributed by atoms with Crippen molar-refractivity contribution in [3.05, 3.63) is 101 Å². The number of rotatable bonds is 5. The summed E-state index contributed by atoms with van der Waals surface area (Å²) in [5, 5.41) is 2.82. The van der Waals surface area contributed by atoms with Crippen LogP contribution in [0.5, 0.6) is 0 Å². The lowest BCUT2D eigenvalue weighted by Gasteiger charge is -2.26. The molecule has 0 spiro atoms. The number of halogens is 3. The maximum atomic E-state index is 12.7. The Morgan fingerprint density at radius 2 is 1.52 bits per heavy atom. The van der Waals surface area contributed by atoms with Crippen molar-refractivity contribution in [1.82, 2.24) is 4.90 Å². The van der Waals surface area contributed by atoms with Crippen molar-refractivity contribution in [2.24, 2.45) is 0 Å². The summed E-state index contributed by atoms with van der Waals surface area (Å²) in [5.74, 6) is -0.653. The van der Waals surface area contributed by atoms with Gasteiger partial charge in [-0.2, -0.15) is 13.2 Å². The van der Waals surface area contributed by atoms with Gasteiger partial charge < -0.3 is 10.2 Å². The van der Waals surface area contributed by atoms with E-state index in [1.165, 1.54) is 17.0 Å². The molecule has 31 heavy (non-hydrogen) atoms. The number of benzene rings is 3. The fourth-order valence-corrected chi connectivity index (χ4v) is 3.07. The van der Waals surface area contributed by atoms with Gasteiger partial charge in [0.25, 0.3) is 11.8 Å². The molecular formula is C24H21F3N2O2. The highest BCUT2D eigenvalue weighted by molar-refractivity contribution is 6.04. The Bertz CT molecular complexity index is 1060. The van der Waals surface area contributed by atoms with Gasteiger partial charge in [-0.15, -0.1) is 0 Å². The number of carbonyl (C=O) groups excluding carboxylic acids is 2. The molecule has 4 nitrogen and oxygen atoms in total. The number of hydrogen-bond donors (Lipinski definition) is 1. The third-order valence-electron chi connectivity index (χ3n) is 5.02. The van der Waals surface area contributed by atoms with E-state index in [0.717, 1.165) is 17.7 Å². The lowest BCUT2D eigenvalue weighted by molar-refractivity contribution is -0.137. The molecule has 2 amide bonds. The van der Waals surface area contributed by atoms with Crippen LogP contribution in [0.3, 0.4) is 0 Å². The molecule has 1 unspecified atom stereocenters. The second-order valence-electron chi connectivity index (χ2n) is 7.11. The van der Waals surface area contributed by atoms with Crippen LogP contribution in [0.15, 0.2) is 78.9 Å². The first-order chi connectivity index (χ1) is 14.7. The lowest BCUT2D eigenvalue weighted by Crippen LogP contribution is -2.29. The maximum Gasteiger partial charge on any atom is 0.416 e. The molecule has 3 aromatic rings. The predicted molar refractivity (Wildman–Crippen MR) is 113 cm³/mol. The van der Waals surface area contributed by atoms with Gasteiger partial charge in [-0.1, -0.05) is 30.3 Å². The first-order valence-electron chi connectivity index (χ1n) is 9.57.